The number of rotatable bonds is 7. The SMILES string of the molecule is CCCCCOC1(c2ccc(-c3ccccc3)cc2)CN(C)CCO1. The molecule has 2 aromatic carbocycles. The summed E-state index contributed by atoms with van der Waals surface area (Å²) < 4.78 is 12.5. The molecule has 3 heteroatoms. The maximum Gasteiger partial charge on any atom is 0.208 e. The van der Waals surface area contributed by atoms with Crippen molar-refractivity contribution in [1.82, 2.24) is 4.90 Å². The topological polar surface area (TPSA) is 21.7 Å². The van der Waals surface area contributed by atoms with Crippen LogP contribution in [0.2, 0.25) is 0 Å². The zero-order valence-electron chi connectivity index (χ0n) is 15.4. The molecule has 0 saturated carbocycles. The smallest absolute Gasteiger partial charge is 0.208 e. The molecule has 134 valence electrons. The molecule has 0 amide bonds. The first-order chi connectivity index (χ1) is 12.2. The van der Waals surface area contributed by atoms with Crippen molar-refractivity contribution in [2.24, 2.45) is 0 Å². The standard InChI is InChI=1S/C22H29NO2/c1-3-4-8-16-24-22(18-23(2)15-17-25-22)21-13-11-20(12-14-21)19-9-6-5-7-10-19/h5-7,9-14H,3-4,8,15-18H2,1-2H3. The number of benzene rings is 2. The Labute approximate surface area is 151 Å². The third-order valence-corrected chi connectivity index (χ3v) is 4.80. The van der Waals surface area contributed by atoms with Gasteiger partial charge in [0.05, 0.1) is 19.8 Å². The molecule has 1 aliphatic heterocycles. The lowest BCUT2D eigenvalue weighted by Crippen LogP contribution is -2.50. The molecule has 25 heavy (non-hydrogen) atoms. The molecule has 1 aliphatic rings. The van der Waals surface area contributed by atoms with Crippen molar-refractivity contribution in [3.8, 4) is 11.1 Å². The van der Waals surface area contributed by atoms with Gasteiger partial charge in [0.1, 0.15) is 0 Å². The number of unbranched alkanes of at least 4 members (excludes halogenated alkanes) is 2. The van der Waals surface area contributed by atoms with Crippen LogP contribution in [0.4, 0.5) is 0 Å². The summed E-state index contributed by atoms with van der Waals surface area (Å²) in [5, 5.41) is 0. The third-order valence-electron chi connectivity index (χ3n) is 4.80. The van der Waals surface area contributed by atoms with Crippen molar-refractivity contribution in [3.63, 3.8) is 0 Å². The van der Waals surface area contributed by atoms with Crippen molar-refractivity contribution >= 4 is 0 Å². The van der Waals surface area contributed by atoms with Gasteiger partial charge in [-0.15, -0.1) is 0 Å². The minimum absolute atomic E-state index is 0.643. The Morgan fingerprint density at radius 2 is 1.72 bits per heavy atom. The van der Waals surface area contributed by atoms with Gasteiger partial charge < -0.3 is 9.47 Å². The normalized spacial score (nSPS) is 21.4. The number of likely N-dealkylation sites (N-methyl/N-ethyl adjacent to an activating group) is 1. The molecule has 1 fully saturated rings. The molecule has 0 aliphatic carbocycles. The molecule has 0 bridgehead atoms. The van der Waals surface area contributed by atoms with Gasteiger partial charge in [-0.25, -0.2) is 0 Å². The van der Waals surface area contributed by atoms with Crippen LogP contribution in [-0.4, -0.2) is 38.3 Å². The highest BCUT2D eigenvalue weighted by Gasteiger charge is 2.38. The first-order valence-electron chi connectivity index (χ1n) is 9.36. The molecule has 1 atom stereocenters. The van der Waals surface area contributed by atoms with E-state index >= 15 is 0 Å². The van der Waals surface area contributed by atoms with Crippen LogP contribution in [0.15, 0.2) is 54.6 Å². The van der Waals surface area contributed by atoms with E-state index in [4.69, 9.17) is 9.47 Å². The molecule has 3 rings (SSSR count). The van der Waals surface area contributed by atoms with E-state index < -0.39 is 5.79 Å². The lowest BCUT2D eigenvalue weighted by atomic mass is 9.99. The van der Waals surface area contributed by atoms with Crippen LogP contribution < -0.4 is 0 Å². The second-order valence-corrected chi connectivity index (χ2v) is 6.84. The van der Waals surface area contributed by atoms with E-state index in [0.717, 1.165) is 31.7 Å². The lowest BCUT2D eigenvalue weighted by molar-refractivity contribution is -0.274. The predicted octanol–water partition coefficient (Wildman–Crippen LogP) is 4.68. The summed E-state index contributed by atoms with van der Waals surface area (Å²) in [6.45, 7) is 5.36. The van der Waals surface area contributed by atoms with E-state index in [0.29, 0.717) is 6.61 Å². The van der Waals surface area contributed by atoms with Crippen LogP contribution in [0.3, 0.4) is 0 Å². The maximum absolute atomic E-state index is 6.31. The predicted molar refractivity (Wildman–Crippen MR) is 102 cm³/mol. The molecule has 2 aromatic rings. The fourth-order valence-corrected chi connectivity index (χ4v) is 3.33. The molecule has 0 radical (unpaired) electrons. The minimum atomic E-state index is -0.643. The Bertz CT molecular complexity index is 641. The van der Waals surface area contributed by atoms with Gasteiger partial charge in [-0.2, -0.15) is 0 Å². The highest BCUT2D eigenvalue weighted by atomic mass is 16.7. The van der Waals surface area contributed by atoms with E-state index in [1.54, 1.807) is 0 Å². The van der Waals surface area contributed by atoms with Crippen molar-refractivity contribution in [1.29, 1.82) is 0 Å². The summed E-state index contributed by atoms with van der Waals surface area (Å²) in [7, 11) is 2.13. The number of hydrogen-bond acceptors (Lipinski definition) is 3. The molecule has 1 heterocycles. The monoisotopic (exact) mass is 339 g/mol. The van der Waals surface area contributed by atoms with Gasteiger partial charge in [0.2, 0.25) is 5.79 Å². The molecule has 0 N–H and O–H groups in total. The molecule has 3 nitrogen and oxygen atoms in total. The summed E-state index contributed by atoms with van der Waals surface area (Å²) in [4.78, 5) is 2.29. The third kappa shape index (κ3) is 4.49. The van der Waals surface area contributed by atoms with Gasteiger partial charge in [0, 0.05) is 12.1 Å². The molecule has 0 aromatic heterocycles. The zero-order valence-corrected chi connectivity index (χ0v) is 15.4. The molecular weight excluding hydrogens is 310 g/mol. The Morgan fingerprint density at radius 3 is 2.40 bits per heavy atom. The fourth-order valence-electron chi connectivity index (χ4n) is 3.33. The minimum Gasteiger partial charge on any atom is -0.345 e. The van der Waals surface area contributed by atoms with Gasteiger partial charge >= 0.3 is 0 Å². The van der Waals surface area contributed by atoms with E-state index in [1.807, 2.05) is 6.07 Å². The van der Waals surface area contributed by atoms with Gasteiger partial charge in [-0.1, -0.05) is 74.4 Å². The van der Waals surface area contributed by atoms with Crippen molar-refractivity contribution < 1.29 is 9.47 Å². The highest BCUT2D eigenvalue weighted by molar-refractivity contribution is 5.63. The Morgan fingerprint density at radius 1 is 1.00 bits per heavy atom. The van der Waals surface area contributed by atoms with Gasteiger partial charge in [-0.05, 0) is 24.6 Å². The Hall–Kier alpha value is -1.68. The maximum atomic E-state index is 6.31. The molecule has 1 unspecified atom stereocenters. The lowest BCUT2D eigenvalue weighted by Gasteiger charge is -2.41. The average molecular weight is 339 g/mol. The van der Waals surface area contributed by atoms with Crippen LogP contribution >= 0.6 is 0 Å². The van der Waals surface area contributed by atoms with Crippen LogP contribution in [0.1, 0.15) is 31.7 Å². The quantitative estimate of drug-likeness (QED) is 0.684. The highest BCUT2D eigenvalue weighted by Crippen LogP contribution is 2.33. The van der Waals surface area contributed by atoms with E-state index in [2.05, 4.69) is 67.4 Å². The van der Waals surface area contributed by atoms with Gasteiger partial charge in [-0.3, -0.25) is 4.90 Å². The molecular formula is C22H29NO2. The molecule has 0 spiro atoms. The summed E-state index contributed by atoms with van der Waals surface area (Å²) >= 11 is 0. The Kier molecular flexibility index (Phi) is 6.24. The van der Waals surface area contributed by atoms with Crippen LogP contribution in [0, 0.1) is 0 Å². The number of nitrogens with zero attached hydrogens (tertiary/aromatic N) is 1. The van der Waals surface area contributed by atoms with Gasteiger partial charge in [0.25, 0.3) is 0 Å². The van der Waals surface area contributed by atoms with E-state index in [1.165, 1.54) is 24.0 Å². The fraction of sp³-hybridized carbons (Fsp3) is 0.455. The second-order valence-electron chi connectivity index (χ2n) is 6.84. The van der Waals surface area contributed by atoms with E-state index in [-0.39, 0.29) is 0 Å². The summed E-state index contributed by atoms with van der Waals surface area (Å²) in [5.74, 6) is -0.643. The van der Waals surface area contributed by atoms with Crippen LogP contribution in [0.5, 0.6) is 0 Å². The summed E-state index contributed by atoms with van der Waals surface area (Å²) in [5.41, 5.74) is 3.55. The zero-order chi connectivity index (χ0) is 17.5. The summed E-state index contributed by atoms with van der Waals surface area (Å²) in [6.07, 6.45) is 3.47. The van der Waals surface area contributed by atoms with E-state index in [9.17, 15) is 0 Å². The summed E-state index contributed by atoms with van der Waals surface area (Å²) in [6, 6.07) is 19.1. The second kappa shape index (κ2) is 8.61. The largest absolute Gasteiger partial charge is 0.345 e. The van der Waals surface area contributed by atoms with Crippen molar-refractivity contribution in [3.05, 3.63) is 60.2 Å². The first kappa shape index (κ1) is 18.1. The number of hydrogen-bond donors (Lipinski definition) is 0. The van der Waals surface area contributed by atoms with Crippen molar-refractivity contribution in [2.75, 3.05) is 33.4 Å². The molecule has 1 saturated heterocycles. The first-order valence-corrected chi connectivity index (χ1v) is 9.36. The van der Waals surface area contributed by atoms with Crippen LogP contribution in [-0.2, 0) is 15.3 Å². The van der Waals surface area contributed by atoms with Crippen molar-refractivity contribution in [2.45, 2.75) is 32.0 Å². The number of morpholine rings is 1. The number of ether oxygens (including phenoxy) is 2. The van der Waals surface area contributed by atoms with Crippen LogP contribution in [0.25, 0.3) is 11.1 Å². The van der Waals surface area contributed by atoms with Gasteiger partial charge in [0.15, 0.2) is 0 Å². The Balaban J connectivity index is 1.80. The average Bonchev–Trinajstić information content (AvgIpc) is 2.66.